The highest BCUT2D eigenvalue weighted by atomic mass is 32.2. The van der Waals surface area contributed by atoms with E-state index in [1.54, 1.807) is 0 Å². The molecule has 0 aromatic rings. The van der Waals surface area contributed by atoms with Crippen molar-refractivity contribution in [2.75, 3.05) is 5.75 Å². The molecular weight excluding hydrogens is 340 g/mol. The van der Waals surface area contributed by atoms with E-state index in [2.05, 4.69) is 6.08 Å². The molecule has 0 radical (unpaired) electrons. The van der Waals surface area contributed by atoms with Crippen molar-refractivity contribution in [2.45, 2.75) is 81.7 Å². The molecule has 0 amide bonds. The maximum absolute atomic E-state index is 12.8. The van der Waals surface area contributed by atoms with E-state index >= 15 is 0 Å². The Labute approximate surface area is 150 Å². The summed E-state index contributed by atoms with van der Waals surface area (Å²) in [7, 11) is -3.02. The predicted octanol–water partition coefficient (Wildman–Crippen LogP) is 3.34. The third-order valence-corrected chi connectivity index (χ3v) is 8.50. The lowest BCUT2D eigenvalue weighted by molar-refractivity contribution is -0.137. The van der Waals surface area contributed by atoms with Crippen molar-refractivity contribution in [1.29, 1.82) is 0 Å². The molecule has 0 spiro atoms. The summed E-state index contributed by atoms with van der Waals surface area (Å²) in [6.45, 7) is 0. The van der Waals surface area contributed by atoms with Gasteiger partial charge in [-0.2, -0.15) is 0 Å². The SMILES string of the molecule is O=C(O)CCC/C=C\C[C@@H]1[C@@H](CS(=O)(=O)C2CCCC2)[C@@H]2CC[C@H]1O2. The Bertz CT molecular complexity index is 591. The van der Waals surface area contributed by atoms with Gasteiger partial charge in [0, 0.05) is 12.3 Å². The molecule has 25 heavy (non-hydrogen) atoms. The number of ether oxygens (including phenoxy) is 1. The summed E-state index contributed by atoms with van der Waals surface area (Å²) in [5.41, 5.74) is 0. The zero-order valence-corrected chi connectivity index (χ0v) is 15.6. The second-order valence-corrected chi connectivity index (χ2v) is 10.2. The fourth-order valence-corrected chi connectivity index (χ4v) is 7.14. The number of sulfone groups is 1. The molecule has 1 saturated carbocycles. The molecule has 6 heteroatoms. The van der Waals surface area contributed by atoms with Crippen LogP contribution >= 0.6 is 0 Å². The van der Waals surface area contributed by atoms with Crippen molar-refractivity contribution in [3.63, 3.8) is 0 Å². The van der Waals surface area contributed by atoms with E-state index in [0.29, 0.717) is 12.3 Å². The molecule has 2 heterocycles. The van der Waals surface area contributed by atoms with E-state index in [1.165, 1.54) is 0 Å². The molecule has 1 N–H and O–H groups in total. The van der Waals surface area contributed by atoms with Gasteiger partial charge in [0.25, 0.3) is 0 Å². The molecule has 3 fully saturated rings. The van der Waals surface area contributed by atoms with Gasteiger partial charge in [0.15, 0.2) is 9.84 Å². The highest BCUT2D eigenvalue weighted by Crippen LogP contribution is 2.46. The number of fused-ring (bicyclic) bond motifs is 2. The first kappa shape index (κ1) is 18.9. The van der Waals surface area contributed by atoms with Crippen molar-refractivity contribution >= 4 is 15.8 Å². The Morgan fingerprint density at radius 3 is 2.40 bits per heavy atom. The van der Waals surface area contributed by atoms with E-state index in [1.807, 2.05) is 6.08 Å². The molecule has 0 unspecified atom stereocenters. The number of hydrogen-bond acceptors (Lipinski definition) is 4. The van der Waals surface area contributed by atoms with Crippen molar-refractivity contribution in [3.8, 4) is 0 Å². The topological polar surface area (TPSA) is 80.7 Å². The van der Waals surface area contributed by atoms with Gasteiger partial charge in [-0.1, -0.05) is 25.0 Å². The molecular formula is C19H30O5S. The van der Waals surface area contributed by atoms with Gasteiger partial charge in [0.1, 0.15) is 0 Å². The summed E-state index contributed by atoms with van der Waals surface area (Å²) < 4.78 is 31.6. The number of carboxylic acid groups (broad SMARTS) is 1. The number of aliphatic carboxylic acids is 1. The Kier molecular flexibility index (Phi) is 6.21. The van der Waals surface area contributed by atoms with Gasteiger partial charge in [-0.15, -0.1) is 0 Å². The number of carbonyl (C=O) groups is 1. The number of unbranched alkanes of at least 4 members (excludes halogenated alkanes) is 1. The summed E-state index contributed by atoms with van der Waals surface area (Å²) in [5, 5.41) is 8.52. The molecule has 142 valence electrons. The molecule has 2 saturated heterocycles. The van der Waals surface area contributed by atoms with Crippen LogP contribution in [0.3, 0.4) is 0 Å². The number of allylic oxidation sites excluding steroid dienone is 2. The number of hydrogen-bond donors (Lipinski definition) is 1. The average Bonchev–Trinajstić information content (AvgIpc) is 3.28. The zero-order valence-electron chi connectivity index (χ0n) is 14.8. The first-order chi connectivity index (χ1) is 12.0. The molecule has 2 bridgehead atoms. The van der Waals surface area contributed by atoms with Crippen LogP contribution < -0.4 is 0 Å². The van der Waals surface area contributed by atoms with Crippen molar-refractivity contribution < 1.29 is 23.1 Å². The second kappa shape index (κ2) is 8.21. The highest BCUT2D eigenvalue weighted by molar-refractivity contribution is 7.92. The first-order valence-corrected chi connectivity index (χ1v) is 11.4. The van der Waals surface area contributed by atoms with Crippen LogP contribution in [-0.2, 0) is 19.4 Å². The minimum absolute atomic E-state index is 0.117. The normalized spacial score (nSPS) is 32.8. The predicted molar refractivity (Wildman–Crippen MR) is 96.2 cm³/mol. The van der Waals surface area contributed by atoms with Crippen molar-refractivity contribution in [1.82, 2.24) is 0 Å². The van der Waals surface area contributed by atoms with Crippen LogP contribution in [0, 0.1) is 11.8 Å². The lowest BCUT2D eigenvalue weighted by Crippen LogP contribution is -2.35. The lowest BCUT2D eigenvalue weighted by Gasteiger charge is -2.28. The molecule has 1 aliphatic carbocycles. The molecule has 0 aromatic heterocycles. The lowest BCUT2D eigenvalue weighted by atomic mass is 9.78. The summed E-state index contributed by atoms with van der Waals surface area (Å²) in [6, 6.07) is 0. The molecule has 3 aliphatic rings. The first-order valence-electron chi connectivity index (χ1n) is 9.71. The fourth-order valence-electron chi connectivity index (χ4n) is 4.82. The Balaban J connectivity index is 1.54. The highest BCUT2D eigenvalue weighted by Gasteiger charge is 2.50. The Morgan fingerprint density at radius 2 is 1.72 bits per heavy atom. The smallest absolute Gasteiger partial charge is 0.303 e. The maximum Gasteiger partial charge on any atom is 0.303 e. The zero-order chi connectivity index (χ0) is 17.9. The van der Waals surface area contributed by atoms with Crippen molar-refractivity contribution in [2.24, 2.45) is 11.8 Å². The third-order valence-electron chi connectivity index (χ3n) is 6.16. The van der Waals surface area contributed by atoms with Gasteiger partial charge in [-0.05, 0) is 50.9 Å². The van der Waals surface area contributed by atoms with Crippen LogP contribution in [0.1, 0.15) is 64.2 Å². The van der Waals surface area contributed by atoms with Gasteiger partial charge in [0.05, 0.1) is 23.2 Å². The summed E-state index contributed by atoms with van der Waals surface area (Å²) in [5.74, 6) is -0.0400. The van der Waals surface area contributed by atoms with Gasteiger partial charge >= 0.3 is 5.97 Å². The van der Waals surface area contributed by atoms with E-state index in [9.17, 15) is 13.2 Å². The van der Waals surface area contributed by atoms with Crippen LogP contribution in [0.25, 0.3) is 0 Å². The quantitative estimate of drug-likeness (QED) is 0.497. The summed E-state index contributed by atoms with van der Waals surface area (Å²) in [6.07, 6.45) is 12.7. The summed E-state index contributed by atoms with van der Waals surface area (Å²) in [4.78, 5) is 10.5. The second-order valence-electron chi connectivity index (χ2n) is 7.85. The third kappa shape index (κ3) is 4.64. The van der Waals surface area contributed by atoms with Gasteiger partial charge in [0.2, 0.25) is 0 Å². The van der Waals surface area contributed by atoms with Gasteiger partial charge in [-0.25, -0.2) is 8.42 Å². The minimum atomic E-state index is -3.02. The van der Waals surface area contributed by atoms with Crippen molar-refractivity contribution in [3.05, 3.63) is 12.2 Å². The minimum Gasteiger partial charge on any atom is -0.481 e. The van der Waals surface area contributed by atoms with E-state index in [4.69, 9.17) is 9.84 Å². The van der Waals surface area contributed by atoms with Crippen LogP contribution in [0.15, 0.2) is 12.2 Å². The van der Waals surface area contributed by atoms with Crippen LogP contribution in [0.5, 0.6) is 0 Å². The van der Waals surface area contributed by atoms with Gasteiger partial charge in [-0.3, -0.25) is 4.79 Å². The van der Waals surface area contributed by atoms with E-state index in [0.717, 1.165) is 51.4 Å². The van der Waals surface area contributed by atoms with E-state index < -0.39 is 15.8 Å². The Morgan fingerprint density at radius 1 is 1.04 bits per heavy atom. The average molecular weight is 371 g/mol. The standard InChI is InChI=1S/C19H30O5S/c20-19(21)10-4-2-1-3-9-15-16(18-12-11-17(15)24-18)13-25(22,23)14-7-5-6-8-14/h1,3,14-18H,2,4-13H2,(H,20,21)/b3-1-/t15-,16-,17-,18+/m1/s1. The molecule has 2 aliphatic heterocycles. The monoisotopic (exact) mass is 370 g/mol. The van der Waals surface area contributed by atoms with Crippen LogP contribution in [0.4, 0.5) is 0 Å². The molecule has 3 rings (SSSR count). The molecule has 5 nitrogen and oxygen atoms in total. The fraction of sp³-hybridized carbons (Fsp3) is 0.842. The largest absolute Gasteiger partial charge is 0.481 e. The van der Waals surface area contributed by atoms with E-state index in [-0.39, 0.29) is 35.5 Å². The van der Waals surface area contributed by atoms with Crippen LogP contribution in [-0.4, -0.2) is 42.7 Å². The molecule has 4 atom stereocenters. The maximum atomic E-state index is 12.8. The summed E-state index contributed by atoms with van der Waals surface area (Å²) >= 11 is 0. The molecule has 0 aromatic carbocycles. The van der Waals surface area contributed by atoms with Crippen LogP contribution in [0.2, 0.25) is 0 Å². The Hall–Kier alpha value is -0.880. The number of rotatable bonds is 9. The van der Waals surface area contributed by atoms with Gasteiger partial charge < -0.3 is 9.84 Å². The number of carboxylic acids is 1.